The lowest BCUT2D eigenvalue weighted by molar-refractivity contribution is 0.111. The van der Waals surface area contributed by atoms with Crippen LogP contribution in [0.3, 0.4) is 0 Å². The minimum atomic E-state index is 0.491. The lowest BCUT2D eigenvalue weighted by Crippen LogP contribution is -2.01. The minimum Gasteiger partial charge on any atom is -0.296 e. The van der Waals surface area contributed by atoms with Crippen molar-refractivity contribution in [1.29, 1.82) is 0 Å². The number of aldehydes is 1. The second-order valence-corrected chi connectivity index (χ2v) is 2.70. The second kappa shape index (κ2) is 2.89. The van der Waals surface area contributed by atoms with Gasteiger partial charge in [0.2, 0.25) is 0 Å². The second-order valence-electron chi connectivity index (χ2n) is 2.11. The molecular weight excluding hydrogens is 145 g/mol. The van der Waals surface area contributed by atoms with Gasteiger partial charge in [-0.2, -0.15) is 0 Å². The number of carbonyl (C=O) groups excluding carboxylic acids is 1. The van der Waals surface area contributed by atoms with Crippen molar-refractivity contribution >= 4 is 21.0 Å². The van der Waals surface area contributed by atoms with E-state index < -0.39 is 0 Å². The molecule has 0 aliphatic rings. The van der Waals surface area contributed by atoms with Crippen molar-refractivity contribution in [2.24, 2.45) is 0 Å². The van der Waals surface area contributed by atoms with E-state index >= 15 is 0 Å². The summed E-state index contributed by atoms with van der Waals surface area (Å²) in [4.78, 5) is 14.2. The maximum Gasteiger partial charge on any atom is 0.168 e. The Hall–Kier alpha value is -0.750. The Labute approximate surface area is 61.9 Å². The fourth-order valence-corrected chi connectivity index (χ4v) is 1.19. The van der Waals surface area contributed by atoms with Gasteiger partial charge in [0.05, 0.1) is 5.44 Å². The molecule has 0 aromatic carbocycles. The molecule has 1 aromatic heterocycles. The van der Waals surface area contributed by atoms with Crippen LogP contribution in [0.1, 0.15) is 16.1 Å². The van der Waals surface area contributed by atoms with Crippen LogP contribution in [0.15, 0.2) is 12.1 Å². The lowest BCUT2D eigenvalue weighted by Gasteiger charge is -1.95. The number of aryl methyl sites for hydroxylation is 1. The van der Waals surface area contributed by atoms with E-state index in [1.807, 2.05) is 13.0 Å². The highest BCUT2D eigenvalue weighted by Crippen LogP contribution is 1.97. The van der Waals surface area contributed by atoms with E-state index in [0.29, 0.717) is 5.69 Å². The fraction of sp³-hybridized carbons (Fsp3) is 0.143. The third-order valence-corrected chi connectivity index (χ3v) is 1.43. The van der Waals surface area contributed by atoms with Gasteiger partial charge >= 0.3 is 0 Å². The zero-order valence-electron chi connectivity index (χ0n) is 5.66. The quantitative estimate of drug-likeness (QED) is 0.439. The molecule has 0 fully saturated rings. The molecule has 0 saturated heterocycles. The fourth-order valence-electron chi connectivity index (χ4n) is 0.782. The van der Waals surface area contributed by atoms with Crippen LogP contribution in [-0.2, 0) is 0 Å². The summed E-state index contributed by atoms with van der Waals surface area (Å²) in [5.41, 5.74) is 2.36. The van der Waals surface area contributed by atoms with Crippen molar-refractivity contribution in [1.82, 2.24) is 4.98 Å². The predicted octanol–water partition coefficient (Wildman–Crippen LogP) is 0.703. The zero-order valence-corrected chi connectivity index (χ0v) is 6.82. The SMILES string of the molecule is Cc1cc(P)nc(C=O)c1. The Morgan fingerprint density at radius 1 is 1.60 bits per heavy atom. The molecule has 52 valence electrons. The molecule has 1 rings (SSSR count). The van der Waals surface area contributed by atoms with Gasteiger partial charge in [-0.25, -0.2) is 4.98 Å². The first kappa shape index (κ1) is 7.36. The van der Waals surface area contributed by atoms with Gasteiger partial charge in [0, 0.05) is 0 Å². The molecule has 2 nitrogen and oxygen atoms in total. The number of pyridine rings is 1. The largest absolute Gasteiger partial charge is 0.296 e. The number of hydrogen-bond donors (Lipinski definition) is 0. The minimum absolute atomic E-state index is 0.491. The molecular formula is C7H8NOP. The average Bonchev–Trinajstić information content (AvgIpc) is 1.85. The van der Waals surface area contributed by atoms with Gasteiger partial charge in [0.1, 0.15) is 5.69 Å². The predicted molar refractivity (Wildman–Crippen MR) is 43.7 cm³/mol. The summed E-state index contributed by atoms with van der Waals surface area (Å²) < 4.78 is 0. The average molecular weight is 153 g/mol. The van der Waals surface area contributed by atoms with Gasteiger partial charge in [-0.15, -0.1) is 0 Å². The van der Waals surface area contributed by atoms with Crippen LogP contribution in [0, 0.1) is 6.92 Å². The summed E-state index contributed by atoms with van der Waals surface area (Å²) in [6.07, 6.45) is 0.751. The first-order valence-corrected chi connectivity index (χ1v) is 3.49. The van der Waals surface area contributed by atoms with Crippen molar-refractivity contribution in [2.45, 2.75) is 6.92 Å². The lowest BCUT2D eigenvalue weighted by atomic mass is 10.2. The standard InChI is InChI=1S/C7H8NOP/c1-5-2-6(4-9)8-7(10)3-5/h2-4H,10H2,1H3. The third kappa shape index (κ3) is 1.61. The van der Waals surface area contributed by atoms with E-state index in [-0.39, 0.29) is 0 Å². The molecule has 1 heterocycles. The van der Waals surface area contributed by atoms with Crippen molar-refractivity contribution in [3.05, 3.63) is 23.4 Å². The van der Waals surface area contributed by atoms with Crippen molar-refractivity contribution in [3.8, 4) is 0 Å². The molecule has 0 N–H and O–H groups in total. The summed E-state index contributed by atoms with van der Waals surface area (Å²) in [5.74, 6) is 0. The number of nitrogens with zero attached hydrogens (tertiary/aromatic N) is 1. The third-order valence-electron chi connectivity index (χ3n) is 1.13. The molecule has 0 radical (unpaired) electrons. The van der Waals surface area contributed by atoms with Crippen LogP contribution in [0.4, 0.5) is 0 Å². The summed E-state index contributed by atoms with van der Waals surface area (Å²) in [7, 11) is 2.46. The highest BCUT2D eigenvalue weighted by atomic mass is 31.0. The molecule has 0 aliphatic heterocycles. The van der Waals surface area contributed by atoms with Crippen LogP contribution >= 0.6 is 9.24 Å². The number of rotatable bonds is 1. The Bertz CT molecular complexity index is 240. The molecule has 0 aliphatic carbocycles. The zero-order chi connectivity index (χ0) is 7.56. The van der Waals surface area contributed by atoms with Gasteiger partial charge in [-0.1, -0.05) is 9.24 Å². The maximum absolute atomic E-state index is 10.2. The highest BCUT2D eigenvalue weighted by molar-refractivity contribution is 7.26. The molecule has 1 aromatic rings. The van der Waals surface area contributed by atoms with E-state index in [1.165, 1.54) is 0 Å². The number of aromatic nitrogens is 1. The van der Waals surface area contributed by atoms with Crippen LogP contribution < -0.4 is 5.44 Å². The molecule has 3 heteroatoms. The Kier molecular flexibility index (Phi) is 2.13. The van der Waals surface area contributed by atoms with Crippen LogP contribution in [0.2, 0.25) is 0 Å². The van der Waals surface area contributed by atoms with Gasteiger partial charge < -0.3 is 0 Å². The van der Waals surface area contributed by atoms with Gasteiger partial charge in [-0.3, -0.25) is 4.79 Å². The van der Waals surface area contributed by atoms with Gasteiger partial charge in [-0.05, 0) is 24.6 Å². The summed E-state index contributed by atoms with van der Waals surface area (Å²) >= 11 is 0. The van der Waals surface area contributed by atoms with Gasteiger partial charge in [0.15, 0.2) is 6.29 Å². The summed E-state index contributed by atoms with van der Waals surface area (Å²) in [6.45, 7) is 1.93. The monoisotopic (exact) mass is 153 g/mol. The van der Waals surface area contributed by atoms with Crippen LogP contribution in [-0.4, -0.2) is 11.3 Å². The molecule has 0 bridgehead atoms. The molecule has 10 heavy (non-hydrogen) atoms. The molecule has 0 amide bonds. The number of hydrogen-bond acceptors (Lipinski definition) is 2. The normalized spacial score (nSPS) is 9.40. The van der Waals surface area contributed by atoms with E-state index in [9.17, 15) is 4.79 Å². The van der Waals surface area contributed by atoms with E-state index in [1.54, 1.807) is 6.07 Å². The van der Waals surface area contributed by atoms with Crippen LogP contribution in [0.25, 0.3) is 0 Å². The molecule has 1 unspecified atom stereocenters. The maximum atomic E-state index is 10.2. The first-order chi connectivity index (χ1) is 4.72. The Balaban J connectivity index is 3.18. The Morgan fingerprint density at radius 3 is 2.80 bits per heavy atom. The smallest absolute Gasteiger partial charge is 0.168 e. The summed E-state index contributed by atoms with van der Waals surface area (Å²) in [6, 6.07) is 3.65. The van der Waals surface area contributed by atoms with Crippen molar-refractivity contribution in [3.63, 3.8) is 0 Å². The van der Waals surface area contributed by atoms with Crippen LogP contribution in [0.5, 0.6) is 0 Å². The molecule has 0 spiro atoms. The Morgan fingerprint density at radius 2 is 2.30 bits per heavy atom. The van der Waals surface area contributed by atoms with Gasteiger partial charge in [0.25, 0.3) is 0 Å². The first-order valence-electron chi connectivity index (χ1n) is 2.91. The van der Waals surface area contributed by atoms with E-state index in [0.717, 1.165) is 17.3 Å². The van der Waals surface area contributed by atoms with E-state index in [2.05, 4.69) is 14.2 Å². The van der Waals surface area contributed by atoms with Crippen molar-refractivity contribution in [2.75, 3.05) is 0 Å². The highest BCUT2D eigenvalue weighted by Gasteiger charge is 1.93. The van der Waals surface area contributed by atoms with E-state index in [4.69, 9.17) is 0 Å². The summed E-state index contributed by atoms with van der Waals surface area (Å²) in [5, 5.41) is 0. The molecule has 1 atom stereocenters. The topological polar surface area (TPSA) is 30.0 Å². The number of carbonyl (C=O) groups is 1. The van der Waals surface area contributed by atoms with Crippen molar-refractivity contribution < 1.29 is 4.79 Å². The molecule has 0 saturated carbocycles.